The van der Waals surface area contributed by atoms with E-state index in [0.29, 0.717) is 5.56 Å². The van der Waals surface area contributed by atoms with Gasteiger partial charge >= 0.3 is 0 Å². The minimum absolute atomic E-state index is 0.513. The summed E-state index contributed by atoms with van der Waals surface area (Å²) in [5.74, 6) is 0. The van der Waals surface area contributed by atoms with Gasteiger partial charge in [0.05, 0.1) is 22.5 Å². The number of para-hydroxylation sites is 1. The predicted molar refractivity (Wildman–Crippen MR) is 152 cm³/mol. The number of aryl methyl sites for hydroxylation is 3. The summed E-state index contributed by atoms with van der Waals surface area (Å²) in [7, 11) is 0. The maximum atomic E-state index is 12.1. The fourth-order valence-electron chi connectivity index (χ4n) is 6.96. The molecule has 0 radical (unpaired) electrons. The van der Waals surface area contributed by atoms with Crippen molar-refractivity contribution >= 4 is 23.3 Å². The summed E-state index contributed by atoms with van der Waals surface area (Å²) in [4.78, 5) is 14.5. The van der Waals surface area contributed by atoms with E-state index in [0.717, 1.165) is 17.5 Å². The molecule has 0 saturated heterocycles. The molecule has 1 heterocycles. The number of hydrogen-bond donors (Lipinski definition) is 0. The average molecular weight is 478 g/mol. The Morgan fingerprint density at radius 3 is 1.76 bits per heavy atom. The number of hydrogen-bond acceptors (Lipinski definition) is 2. The number of aldehydes is 1. The van der Waals surface area contributed by atoms with Crippen molar-refractivity contribution in [1.82, 2.24) is 0 Å². The molecule has 2 nitrogen and oxygen atoms in total. The van der Waals surface area contributed by atoms with E-state index in [1.54, 1.807) is 0 Å². The summed E-state index contributed by atoms with van der Waals surface area (Å²) in [5, 5.41) is 0. The lowest BCUT2D eigenvalue weighted by Gasteiger charge is -2.45. The van der Waals surface area contributed by atoms with E-state index in [2.05, 4.69) is 123 Å². The molecule has 0 N–H and O–H groups in total. The molecule has 2 heteroatoms. The number of fused-ring (bicyclic) bond motifs is 9. The lowest BCUT2D eigenvalue weighted by molar-refractivity contribution is 0.112. The lowest BCUT2D eigenvalue weighted by Crippen LogP contribution is -2.36. The van der Waals surface area contributed by atoms with Crippen LogP contribution in [0.25, 0.3) is 11.1 Å². The SMILES string of the molecule is Cc1cc(C)c(N2c3ccccc3C3(c4ccccc4-c4ccccc43)c3cc(C=O)ccc32)c(C)c1. The maximum absolute atomic E-state index is 12.1. The van der Waals surface area contributed by atoms with Crippen LogP contribution in [0.3, 0.4) is 0 Å². The van der Waals surface area contributed by atoms with Gasteiger partial charge < -0.3 is 4.90 Å². The van der Waals surface area contributed by atoms with Crippen molar-refractivity contribution in [2.24, 2.45) is 0 Å². The summed E-state index contributed by atoms with van der Waals surface area (Å²) < 4.78 is 0. The van der Waals surface area contributed by atoms with E-state index in [1.165, 1.54) is 55.9 Å². The molecule has 0 aromatic heterocycles. The van der Waals surface area contributed by atoms with Crippen molar-refractivity contribution < 1.29 is 4.79 Å². The van der Waals surface area contributed by atoms with E-state index in [-0.39, 0.29) is 0 Å². The second kappa shape index (κ2) is 7.78. The topological polar surface area (TPSA) is 20.3 Å². The Morgan fingerprint density at radius 2 is 1.14 bits per heavy atom. The van der Waals surface area contributed by atoms with Crippen LogP contribution in [0.2, 0.25) is 0 Å². The predicted octanol–water partition coefficient (Wildman–Crippen LogP) is 8.57. The Morgan fingerprint density at radius 1 is 0.595 bits per heavy atom. The Balaban J connectivity index is 1.68. The normalized spacial score (nSPS) is 14.1. The Bertz CT molecular complexity index is 1680. The molecule has 5 aromatic carbocycles. The van der Waals surface area contributed by atoms with Crippen molar-refractivity contribution in [2.45, 2.75) is 26.2 Å². The van der Waals surface area contributed by atoms with Gasteiger partial charge in [0.25, 0.3) is 0 Å². The van der Waals surface area contributed by atoms with Gasteiger partial charge in [-0.3, -0.25) is 4.79 Å². The molecule has 0 fully saturated rings. The quantitative estimate of drug-likeness (QED) is 0.232. The molecule has 37 heavy (non-hydrogen) atoms. The number of carbonyl (C=O) groups is 1. The summed E-state index contributed by atoms with van der Waals surface area (Å²) >= 11 is 0. The first-order chi connectivity index (χ1) is 18.1. The molecule has 178 valence electrons. The highest BCUT2D eigenvalue weighted by molar-refractivity contribution is 5.97. The third-order valence-corrected chi connectivity index (χ3v) is 8.16. The first-order valence-electron chi connectivity index (χ1n) is 12.8. The van der Waals surface area contributed by atoms with E-state index in [9.17, 15) is 4.79 Å². The highest BCUT2D eigenvalue weighted by Gasteiger charge is 2.51. The molecule has 1 aliphatic carbocycles. The van der Waals surface area contributed by atoms with Crippen LogP contribution in [0, 0.1) is 20.8 Å². The number of nitrogens with zero attached hydrogens (tertiary/aromatic N) is 1. The minimum atomic E-state index is -0.513. The zero-order valence-corrected chi connectivity index (χ0v) is 21.2. The molecule has 2 aliphatic rings. The first kappa shape index (κ1) is 21.8. The van der Waals surface area contributed by atoms with Crippen LogP contribution in [0.5, 0.6) is 0 Å². The Labute approximate surface area is 217 Å². The zero-order chi connectivity index (χ0) is 25.3. The summed E-state index contributed by atoms with van der Waals surface area (Å²) in [6.07, 6.45) is 0.966. The minimum Gasteiger partial charge on any atom is -0.309 e. The first-order valence-corrected chi connectivity index (χ1v) is 12.8. The van der Waals surface area contributed by atoms with E-state index in [1.807, 2.05) is 6.07 Å². The maximum Gasteiger partial charge on any atom is 0.150 e. The smallest absolute Gasteiger partial charge is 0.150 e. The van der Waals surface area contributed by atoms with Gasteiger partial charge in [0, 0.05) is 5.56 Å². The van der Waals surface area contributed by atoms with Gasteiger partial charge in [-0.2, -0.15) is 0 Å². The Hall–Kier alpha value is -4.43. The lowest BCUT2D eigenvalue weighted by atomic mass is 9.64. The summed E-state index contributed by atoms with van der Waals surface area (Å²) in [6, 6.07) is 37.0. The van der Waals surface area contributed by atoms with Crippen LogP contribution in [-0.4, -0.2) is 6.29 Å². The fourth-order valence-corrected chi connectivity index (χ4v) is 6.96. The van der Waals surface area contributed by atoms with Crippen molar-refractivity contribution in [3.05, 3.63) is 148 Å². The molecule has 5 aromatic rings. The van der Waals surface area contributed by atoms with Crippen LogP contribution < -0.4 is 4.90 Å². The van der Waals surface area contributed by atoms with Gasteiger partial charge in [-0.05, 0) is 89.5 Å². The third kappa shape index (κ3) is 2.78. The van der Waals surface area contributed by atoms with Crippen molar-refractivity contribution in [2.75, 3.05) is 4.90 Å². The van der Waals surface area contributed by atoms with Crippen LogP contribution >= 0.6 is 0 Å². The molecule has 0 unspecified atom stereocenters. The van der Waals surface area contributed by atoms with Gasteiger partial charge in [-0.1, -0.05) is 84.4 Å². The number of rotatable bonds is 2. The van der Waals surface area contributed by atoms with Gasteiger partial charge in [0.1, 0.15) is 6.29 Å². The van der Waals surface area contributed by atoms with E-state index < -0.39 is 5.41 Å². The second-order valence-corrected chi connectivity index (χ2v) is 10.3. The Kier molecular flexibility index (Phi) is 4.59. The largest absolute Gasteiger partial charge is 0.309 e. The number of benzene rings is 5. The average Bonchev–Trinajstić information content (AvgIpc) is 3.21. The molecular formula is C35H27NO. The third-order valence-electron chi connectivity index (χ3n) is 8.16. The van der Waals surface area contributed by atoms with Crippen molar-refractivity contribution in [3.8, 4) is 11.1 Å². The van der Waals surface area contributed by atoms with Crippen LogP contribution in [-0.2, 0) is 5.41 Å². The van der Waals surface area contributed by atoms with Crippen molar-refractivity contribution in [1.29, 1.82) is 0 Å². The second-order valence-electron chi connectivity index (χ2n) is 10.3. The van der Waals surface area contributed by atoms with Crippen molar-refractivity contribution in [3.63, 3.8) is 0 Å². The van der Waals surface area contributed by atoms with E-state index in [4.69, 9.17) is 0 Å². The standard InChI is InChI=1S/C35H27NO/c1-22-18-23(2)34(24(3)19-22)36-32-15-9-8-14-30(32)35(31-20-25(21-37)16-17-33(31)36)28-12-6-4-10-26(28)27-11-5-7-13-29(27)35/h4-21H,1-3H3. The highest BCUT2D eigenvalue weighted by atomic mass is 16.1. The van der Waals surface area contributed by atoms with Crippen LogP contribution in [0.1, 0.15) is 49.3 Å². The molecule has 0 saturated carbocycles. The number of anilines is 3. The van der Waals surface area contributed by atoms with Gasteiger partial charge in [-0.25, -0.2) is 0 Å². The highest BCUT2D eigenvalue weighted by Crippen LogP contribution is 2.63. The molecule has 7 rings (SSSR count). The molecule has 0 amide bonds. The molecule has 1 spiro atoms. The number of carbonyl (C=O) groups excluding carboxylic acids is 1. The summed E-state index contributed by atoms with van der Waals surface area (Å²) in [5.41, 5.74) is 14.8. The van der Waals surface area contributed by atoms with Crippen LogP contribution in [0.4, 0.5) is 17.1 Å². The van der Waals surface area contributed by atoms with E-state index >= 15 is 0 Å². The summed E-state index contributed by atoms with van der Waals surface area (Å²) in [6.45, 7) is 6.55. The molecular weight excluding hydrogens is 450 g/mol. The molecule has 1 aliphatic heterocycles. The molecule has 0 atom stereocenters. The monoisotopic (exact) mass is 477 g/mol. The van der Waals surface area contributed by atoms with Gasteiger partial charge in [0.15, 0.2) is 0 Å². The molecule has 0 bridgehead atoms. The van der Waals surface area contributed by atoms with Gasteiger partial charge in [0.2, 0.25) is 0 Å². The fraction of sp³-hybridized carbons (Fsp3) is 0.114. The van der Waals surface area contributed by atoms with Gasteiger partial charge in [-0.15, -0.1) is 0 Å². The van der Waals surface area contributed by atoms with Crippen LogP contribution in [0.15, 0.2) is 103 Å². The zero-order valence-electron chi connectivity index (χ0n) is 21.2.